The minimum atomic E-state index is -0.340. The van der Waals surface area contributed by atoms with E-state index in [0.29, 0.717) is 13.1 Å². The Hall–Kier alpha value is -3.48. The van der Waals surface area contributed by atoms with Gasteiger partial charge in [-0.05, 0) is 35.9 Å². The van der Waals surface area contributed by atoms with Crippen molar-refractivity contribution in [1.29, 1.82) is 0 Å². The molecule has 0 atom stereocenters. The summed E-state index contributed by atoms with van der Waals surface area (Å²) in [4.78, 5) is 29.0. The smallest absolute Gasteiger partial charge is 0.274 e. The number of nitrogens with zero attached hydrogens (tertiary/aromatic N) is 4. The van der Waals surface area contributed by atoms with E-state index in [1.165, 1.54) is 28.9 Å². The van der Waals surface area contributed by atoms with Gasteiger partial charge >= 0.3 is 0 Å². The second-order valence-electron chi connectivity index (χ2n) is 6.96. The van der Waals surface area contributed by atoms with Gasteiger partial charge in [0.2, 0.25) is 0 Å². The Morgan fingerprint density at radius 2 is 1.59 bits per heavy atom. The Balaban J connectivity index is 1.45. The molecule has 0 saturated carbocycles. The van der Waals surface area contributed by atoms with Gasteiger partial charge in [-0.1, -0.05) is 30.3 Å². The van der Waals surface area contributed by atoms with Gasteiger partial charge in [0.05, 0.1) is 6.54 Å². The molecule has 148 valence electrons. The maximum atomic E-state index is 13.1. The maximum absolute atomic E-state index is 13.1. The Bertz CT molecular complexity index is 1040. The zero-order chi connectivity index (χ0) is 20.2. The summed E-state index contributed by atoms with van der Waals surface area (Å²) >= 11 is 0. The van der Waals surface area contributed by atoms with Crippen LogP contribution in [0.15, 0.2) is 71.5 Å². The largest absolute Gasteiger partial charge is 0.368 e. The van der Waals surface area contributed by atoms with Gasteiger partial charge in [-0.2, -0.15) is 5.10 Å². The lowest BCUT2D eigenvalue weighted by Crippen LogP contribution is -2.49. The van der Waals surface area contributed by atoms with Crippen molar-refractivity contribution in [3.63, 3.8) is 0 Å². The molecule has 0 N–H and O–H groups in total. The van der Waals surface area contributed by atoms with Crippen molar-refractivity contribution in [3.05, 3.63) is 94.2 Å². The van der Waals surface area contributed by atoms with E-state index in [1.54, 1.807) is 17.0 Å². The van der Waals surface area contributed by atoms with Crippen LogP contribution in [-0.4, -0.2) is 46.8 Å². The van der Waals surface area contributed by atoms with Crippen molar-refractivity contribution >= 4 is 11.6 Å². The van der Waals surface area contributed by atoms with E-state index in [2.05, 4.69) is 22.1 Å². The van der Waals surface area contributed by atoms with Crippen molar-refractivity contribution in [3.8, 4) is 0 Å². The molecule has 0 bridgehead atoms. The van der Waals surface area contributed by atoms with E-state index in [0.717, 1.165) is 24.3 Å². The molecule has 0 unspecified atom stereocenters. The Labute approximate surface area is 167 Å². The first-order valence-corrected chi connectivity index (χ1v) is 9.52. The molecule has 1 saturated heterocycles. The van der Waals surface area contributed by atoms with Crippen LogP contribution in [0.2, 0.25) is 0 Å². The number of para-hydroxylation sites is 1. The van der Waals surface area contributed by atoms with Crippen molar-refractivity contribution in [2.75, 3.05) is 31.1 Å². The minimum Gasteiger partial charge on any atom is -0.368 e. The van der Waals surface area contributed by atoms with Crippen LogP contribution in [0.3, 0.4) is 0 Å². The summed E-state index contributed by atoms with van der Waals surface area (Å²) in [6.07, 6.45) is 0. The van der Waals surface area contributed by atoms with Gasteiger partial charge in [-0.25, -0.2) is 9.07 Å². The number of hydrogen-bond acceptors (Lipinski definition) is 4. The summed E-state index contributed by atoms with van der Waals surface area (Å²) in [5, 5.41) is 4.25. The van der Waals surface area contributed by atoms with Crippen molar-refractivity contribution in [2.45, 2.75) is 6.54 Å². The van der Waals surface area contributed by atoms with Crippen LogP contribution in [0.1, 0.15) is 16.1 Å². The van der Waals surface area contributed by atoms with E-state index in [4.69, 9.17) is 0 Å². The normalized spacial score (nSPS) is 14.1. The number of hydrogen-bond donors (Lipinski definition) is 0. The van der Waals surface area contributed by atoms with Gasteiger partial charge < -0.3 is 9.80 Å². The molecular weight excluding hydrogens is 371 g/mol. The van der Waals surface area contributed by atoms with Crippen LogP contribution in [0.4, 0.5) is 10.1 Å². The van der Waals surface area contributed by atoms with Crippen molar-refractivity contribution in [1.82, 2.24) is 14.7 Å². The van der Waals surface area contributed by atoms with E-state index >= 15 is 0 Å². The lowest BCUT2D eigenvalue weighted by molar-refractivity contribution is 0.0738. The standard InChI is InChI=1S/C22H21FN4O2/c23-18-8-6-17(7-9-18)16-27-21(28)11-10-20(24-27)22(29)26-14-12-25(13-15-26)19-4-2-1-3-5-19/h1-11H,12-16H2. The SMILES string of the molecule is O=C(c1ccc(=O)n(Cc2ccc(F)cc2)n1)N1CCN(c2ccccc2)CC1. The quantitative estimate of drug-likeness (QED) is 0.684. The van der Waals surface area contributed by atoms with Crippen molar-refractivity contribution in [2.24, 2.45) is 0 Å². The molecular formula is C22H21FN4O2. The van der Waals surface area contributed by atoms with Gasteiger partial charge in [-0.15, -0.1) is 0 Å². The van der Waals surface area contributed by atoms with Gasteiger partial charge in [0, 0.05) is 37.9 Å². The van der Waals surface area contributed by atoms with E-state index < -0.39 is 0 Å². The predicted octanol–water partition coefficient (Wildman–Crippen LogP) is 2.39. The number of carbonyl (C=O) groups excluding carboxylic acids is 1. The highest BCUT2D eigenvalue weighted by atomic mass is 19.1. The highest BCUT2D eigenvalue weighted by Crippen LogP contribution is 2.16. The topological polar surface area (TPSA) is 58.4 Å². The molecule has 1 aromatic heterocycles. The maximum Gasteiger partial charge on any atom is 0.274 e. The number of rotatable bonds is 4. The average molecular weight is 392 g/mol. The number of halogens is 1. The van der Waals surface area contributed by atoms with E-state index in [-0.39, 0.29) is 29.5 Å². The first kappa shape index (κ1) is 18.9. The third-order valence-corrected chi connectivity index (χ3v) is 5.02. The second kappa shape index (κ2) is 8.26. The fourth-order valence-electron chi connectivity index (χ4n) is 3.41. The molecule has 0 aliphatic carbocycles. The zero-order valence-corrected chi connectivity index (χ0v) is 15.9. The fourth-order valence-corrected chi connectivity index (χ4v) is 3.41. The van der Waals surface area contributed by atoms with Crippen LogP contribution in [-0.2, 0) is 6.54 Å². The van der Waals surface area contributed by atoms with Crippen LogP contribution in [0.25, 0.3) is 0 Å². The second-order valence-corrected chi connectivity index (χ2v) is 6.96. The van der Waals surface area contributed by atoms with Crippen molar-refractivity contribution < 1.29 is 9.18 Å². The van der Waals surface area contributed by atoms with Crippen LogP contribution in [0.5, 0.6) is 0 Å². The predicted molar refractivity (Wildman–Crippen MR) is 109 cm³/mol. The highest BCUT2D eigenvalue weighted by molar-refractivity contribution is 5.92. The lowest BCUT2D eigenvalue weighted by atomic mass is 10.2. The Morgan fingerprint density at radius 1 is 0.897 bits per heavy atom. The molecule has 1 amide bonds. The third-order valence-electron chi connectivity index (χ3n) is 5.02. The van der Waals surface area contributed by atoms with E-state index in [1.807, 2.05) is 18.2 Å². The third kappa shape index (κ3) is 4.34. The molecule has 0 spiro atoms. The molecule has 3 aromatic rings. The number of aromatic nitrogens is 2. The summed E-state index contributed by atoms with van der Waals surface area (Å²) < 4.78 is 14.3. The summed E-state index contributed by atoms with van der Waals surface area (Å²) in [5.41, 5.74) is 1.81. The van der Waals surface area contributed by atoms with Gasteiger partial charge in [0.25, 0.3) is 11.5 Å². The number of anilines is 1. The number of piperazine rings is 1. The van der Waals surface area contributed by atoms with Gasteiger partial charge in [-0.3, -0.25) is 9.59 Å². The Kier molecular flexibility index (Phi) is 5.37. The van der Waals surface area contributed by atoms with Crippen LogP contribution >= 0.6 is 0 Å². The monoisotopic (exact) mass is 392 g/mol. The molecule has 7 heteroatoms. The zero-order valence-electron chi connectivity index (χ0n) is 15.9. The number of carbonyl (C=O) groups is 1. The fraction of sp³-hybridized carbons (Fsp3) is 0.227. The summed E-state index contributed by atoms with van der Waals surface area (Å²) in [7, 11) is 0. The number of amides is 1. The molecule has 2 heterocycles. The van der Waals surface area contributed by atoms with Crippen LogP contribution in [0, 0.1) is 5.82 Å². The molecule has 6 nitrogen and oxygen atoms in total. The molecule has 4 rings (SSSR count). The Morgan fingerprint density at radius 3 is 2.28 bits per heavy atom. The average Bonchev–Trinajstić information content (AvgIpc) is 2.77. The van der Waals surface area contributed by atoms with Crippen LogP contribution < -0.4 is 10.5 Å². The summed E-state index contributed by atoms with van der Waals surface area (Å²) in [6, 6.07) is 18.8. The van der Waals surface area contributed by atoms with E-state index in [9.17, 15) is 14.0 Å². The molecule has 1 aliphatic rings. The molecule has 1 aliphatic heterocycles. The van der Waals surface area contributed by atoms with Gasteiger partial charge in [0.15, 0.2) is 0 Å². The molecule has 2 aromatic carbocycles. The summed E-state index contributed by atoms with van der Waals surface area (Å²) in [6.45, 7) is 2.84. The minimum absolute atomic E-state index is 0.183. The lowest BCUT2D eigenvalue weighted by Gasteiger charge is -2.36. The first-order chi connectivity index (χ1) is 14.1. The molecule has 1 fully saturated rings. The first-order valence-electron chi connectivity index (χ1n) is 9.52. The van der Waals surface area contributed by atoms with Gasteiger partial charge in [0.1, 0.15) is 11.5 Å². The molecule has 0 radical (unpaired) electrons. The summed E-state index contributed by atoms with van der Waals surface area (Å²) in [5.74, 6) is -0.529. The highest BCUT2D eigenvalue weighted by Gasteiger charge is 2.23. The number of benzene rings is 2. The molecule has 29 heavy (non-hydrogen) atoms.